The number of furan rings is 1. The lowest BCUT2D eigenvalue weighted by Gasteiger charge is -2.18. The van der Waals surface area contributed by atoms with E-state index in [1.165, 1.54) is 0 Å². The van der Waals surface area contributed by atoms with Crippen molar-refractivity contribution in [2.45, 2.75) is 0 Å². The summed E-state index contributed by atoms with van der Waals surface area (Å²) in [7, 11) is 0. The van der Waals surface area contributed by atoms with Crippen LogP contribution >= 0.6 is 0 Å². The van der Waals surface area contributed by atoms with Gasteiger partial charge in [0.05, 0.1) is 22.8 Å². The number of para-hydroxylation sites is 1. The number of fused-ring (bicyclic) bond motifs is 5. The van der Waals surface area contributed by atoms with Crippen LogP contribution in [0.3, 0.4) is 0 Å². The Morgan fingerprint density at radius 2 is 0.939 bits per heavy atom. The lowest BCUT2D eigenvalue weighted by molar-refractivity contribution is 0.669. The molecule has 0 unspecified atom stereocenters. The van der Waals surface area contributed by atoms with Crippen molar-refractivity contribution in [1.29, 1.82) is 10.5 Å². The lowest BCUT2D eigenvalue weighted by Crippen LogP contribution is -1.96. The summed E-state index contributed by atoms with van der Waals surface area (Å²) in [6.07, 6.45) is 3.27. The van der Waals surface area contributed by atoms with Gasteiger partial charge in [0.25, 0.3) is 0 Å². The van der Waals surface area contributed by atoms with Gasteiger partial charge >= 0.3 is 0 Å². The van der Waals surface area contributed by atoms with Gasteiger partial charge in [0.1, 0.15) is 34.7 Å². The van der Waals surface area contributed by atoms with Crippen molar-refractivity contribution in [1.82, 2.24) is 19.9 Å². The van der Waals surface area contributed by atoms with Crippen molar-refractivity contribution in [3.63, 3.8) is 0 Å². The first-order valence-electron chi connectivity index (χ1n) is 15.7. The van der Waals surface area contributed by atoms with Crippen molar-refractivity contribution in [3.8, 4) is 57.2 Å². The largest absolute Gasteiger partial charge is 0.456 e. The minimum Gasteiger partial charge on any atom is -0.456 e. The Hall–Kier alpha value is -7.22. The van der Waals surface area contributed by atoms with Crippen LogP contribution in [0.4, 0.5) is 0 Å². The summed E-state index contributed by atoms with van der Waals surface area (Å²) in [5, 5.41) is 25.0. The predicted molar refractivity (Wildman–Crippen MR) is 191 cm³/mol. The zero-order chi connectivity index (χ0) is 32.9. The predicted octanol–water partition coefficient (Wildman–Crippen LogP) is 9.88. The number of aromatic nitrogens is 4. The molecule has 226 valence electrons. The fourth-order valence-corrected chi connectivity index (χ4v) is 6.72. The number of hydrogen-bond donors (Lipinski definition) is 0. The van der Waals surface area contributed by atoms with Crippen molar-refractivity contribution < 1.29 is 4.42 Å². The molecule has 7 heteroatoms. The van der Waals surface area contributed by atoms with Crippen LogP contribution in [0.25, 0.3) is 88.5 Å². The number of pyridine rings is 4. The van der Waals surface area contributed by atoms with Gasteiger partial charge in [-0.05, 0) is 88.3 Å². The second-order valence-electron chi connectivity index (χ2n) is 11.7. The first kappa shape index (κ1) is 28.0. The van der Waals surface area contributed by atoms with E-state index in [1.807, 2.05) is 78.9 Å². The molecule has 0 aliphatic carbocycles. The molecule has 5 aromatic heterocycles. The zero-order valence-corrected chi connectivity index (χ0v) is 25.8. The van der Waals surface area contributed by atoms with Crippen LogP contribution in [-0.2, 0) is 0 Å². The number of benzene rings is 4. The third-order valence-electron chi connectivity index (χ3n) is 8.87. The molecule has 0 saturated heterocycles. The molecule has 9 aromatic rings. The summed E-state index contributed by atoms with van der Waals surface area (Å²) in [5.41, 5.74) is 8.94. The summed E-state index contributed by atoms with van der Waals surface area (Å²) >= 11 is 0. The fraction of sp³-hybridized carbons (Fsp3) is 0. The average Bonchev–Trinajstić information content (AvgIpc) is 3.53. The van der Waals surface area contributed by atoms with E-state index in [1.54, 1.807) is 24.5 Å². The Balaban J connectivity index is 1.38. The molecular formula is C42H22N6O. The van der Waals surface area contributed by atoms with E-state index in [-0.39, 0.29) is 0 Å². The summed E-state index contributed by atoms with van der Waals surface area (Å²) in [6, 6.07) is 44.2. The van der Waals surface area contributed by atoms with Crippen LogP contribution < -0.4 is 0 Å². The lowest BCUT2D eigenvalue weighted by atomic mass is 9.87. The molecule has 4 aromatic carbocycles. The van der Waals surface area contributed by atoms with E-state index in [2.05, 4.69) is 52.4 Å². The van der Waals surface area contributed by atoms with Crippen molar-refractivity contribution in [2.24, 2.45) is 0 Å². The Morgan fingerprint density at radius 3 is 1.51 bits per heavy atom. The summed E-state index contributed by atoms with van der Waals surface area (Å²) in [6.45, 7) is 0. The third-order valence-corrected chi connectivity index (χ3v) is 8.87. The molecule has 0 aliphatic heterocycles. The second kappa shape index (κ2) is 11.2. The third kappa shape index (κ3) is 4.66. The van der Waals surface area contributed by atoms with Gasteiger partial charge in [-0.25, -0.2) is 19.9 Å². The van der Waals surface area contributed by atoms with Crippen molar-refractivity contribution >= 4 is 43.5 Å². The maximum atomic E-state index is 9.49. The number of nitriles is 2. The van der Waals surface area contributed by atoms with Crippen LogP contribution in [0.5, 0.6) is 0 Å². The summed E-state index contributed by atoms with van der Waals surface area (Å²) in [5.74, 6) is 0. The van der Waals surface area contributed by atoms with Gasteiger partial charge in [-0.2, -0.15) is 10.5 Å². The maximum absolute atomic E-state index is 9.49. The quantitative estimate of drug-likeness (QED) is 0.179. The smallest absolute Gasteiger partial charge is 0.141 e. The molecule has 0 atom stereocenters. The first-order chi connectivity index (χ1) is 24.2. The van der Waals surface area contributed by atoms with E-state index in [4.69, 9.17) is 14.4 Å². The van der Waals surface area contributed by atoms with Gasteiger partial charge in [-0.15, -0.1) is 0 Å². The number of rotatable bonds is 4. The molecule has 49 heavy (non-hydrogen) atoms. The fourth-order valence-electron chi connectivity index (χ4n) is 6.72. The molecule has 0 bridgehead atoms. The first-order valence-corrected chi connectivity index (χ1v) is 15.7. The van der Waals surface area contributed by atoms with Gasteiger partial charge in [-0.1, -0.05) is 54.6 Å². The van der Waals surface area contributed by atoms with Crippen LogP contribution in [0.15, 0.2) is 138 Å². The SMILES string of the molecule is N#Cc1cc(-c2cccc(-c3c4ccccc4c(-c4cccc(-c5ccnc(C#N)c5)n4)c4cc5c(cc34)oc3ccccc35)n2)ccn1. The second-order valence-corrected chi connectivity index (χ2v) is 11.7. The van der Waals surface area contributed by atoms with E-state index >= 15 is 0 Å². The summed E-state index contributed by atoms with van der Waals surface area (Å²) in [4.78, 5) is 18.6. The van der Waals surface area contributed by atoms with Gasteiger partial charge in [-0.3, -0.25) is 0 Å². The minimum atomic E-state index is 0.336. The van der Waals surface area contributed by atoms with Crippen molar-refractivity contribution in [3.05, 3.63) is 145 Å². The Bertz CT molecular complexity index is 2880. The maximum Gasteiger partial charge on any atom is 0.141 e. The molecule has 7 nitrogen and oxygen atoms in total. The Labute approximate surface area is 280 Å². The standard InChI is InChI=1S/C42H22N6O/c43-23-27-19-25(15-17-45-27)35-10-5-12-37(47-35)41-30-8-1-2-9-31(30)42(38-13-6-11-36(48-38)26-16-18-46-28(20-26)24-44)34-22-40-32(21-33(34)41)29-7-3-4-14-39(29)49-40/h1-22H. The summed E-state index contributed by atoms with van der Waals surface area (Å²) < 4.78 is 6.42. The Kier molecular flexibility index (Phi) is 6.43. The molecule has 0 fully saturated rings. The topological polar surface area (TPSA) is 112 Å². The highest BCUT2D eigenvalue weighted by Crippen LogP contribution is 2.46. The van der Waals surface area contributed by atoms with E-state index in [0.29, 0.717) is 11.4 Å². The van der Waals surface area contributed by atoms with Gasteiger partial charge in [0, 0.05) is 45.4 Å². The molecule has 0 spiro atoms. The van der Waals surface area contributed by atoms with Gasteiger partial charge in [0.2, 0.25) is 0 Å². The number of hydrogen-bond acceptors (Lipinski definition) is 7. The van der Waals surface area contributed by atoms with Crippen LogP contribution in [0.1, 0.15) is 11.4 Å². The van der Waals surface area contributed by atoms with Crippen molar-refractivity contribution in [2.75, 3.05) is 0 Å². The highest BCUT2D eigenvalue weighted by atomic mass is 16.3. The molecular weight excluding hydrogens is 605 g/mol. The van der Waals surface area contributed by atoms with E-state index < -0.39 is 0 Å². The van der Waals surface area contributed by atoms with Crippen LogP contribution in [-0.4, -0.2) is 19.9 Å². The molecule has 0 saturated carbocycles. The molecule has 9 rings (SSSR count). The molecule has 0 amide bonds. The Morgan fingerprint density at radius 1 is 0.429 bits per heavy atom. The van der Waals surface area contributed by atoms with E-state index in [9.17, 15) is 10.5 Å². The molecule has 0 radical (unpaired) electrons. The molecule has 0 N–H and O–H groups in total. The monoisotopic (exact) mass is 626 g/mol. The minimum absolute atomic E-state index is 0.336. The normalized spacial score (nSPS) is 11.2. The van der Waals surface area contributed by atoms with Gasteiger partial charge < -0.3 is 4.42 Å². The van der Waals surface area contributed by atoms with Gasteiger partial charge in [0.15, 0.2) is 0 Å². The zero-order valence-electron chi connectivity index (χ0n) is 25.8. The van der Waals surface area contributed by atoms with E-state index in [0.717, 1.165) is 88.5 Å². The highest BCUT2D eigenvalue weighted by molar-refractivity contribution is 6.24. The molecule has 5 heterocycles. The van der Waals surface area contributed by atoms with Crippen LogP contribution in [0.2, 0.25) is 0 Å². The highest BCUT2D eigenvalue weighted by Gasteiger charge is 2.21. The number of nitrogens with zero attached hydrogens (tertiary/aromatic N) is 6. The molecule has 0 aliphatic rings. The average molecular weight is 627 g/mol. The van der Waals surface area contributed by atoms with Crippen LogP contribution in [0, 0.1) is 22.7 Å².